The lowest BCUT2D eigenvalue weighted by atomic mass is 10.2. The molecule has 0 saturated carbocycles. The minimum Gasteiger partial charge on any atom is -0.377 e. The third kappa shape index (κ3) is 2.79. The third-order valence-electron chi connectivity index (χ3n) is 1.35. The van der Waals surface area contributed by atoms with Crippen molar-refractivity contribution in [3.63, 3.8) is 0 Å². The zero-order valence-corrected chi connectivity index (χ0v) is 6.55. The third-order valence-corrected chi connectivity index (χ3v) is 1.35. The molecular weight excluding hydrogens is 116 g/mol. The van der Waals surface area contributed by atoms with Crippen molar-refractivity contribution in [1.82, 2.24) is 10.4 Å². The number of aliphatic hydroxyl groups is 1. The van der Waals surface area contributed by atoms with Crippen molar-refractivity contribution in [1.29, 1.82) is 0 Å². The van der Waals surface area contributed by atoms with Crippen LogP contribution in [0.15, 0.2) is 0 Å². The van der Waals surface area contributed by atoms with Crippen molar-refractivity contribution in [2.75, 3.05) is 14.1 Å². The summed E-state index contributed by atoms with van der Waals surface area (Å²) in [6, 6.07) is 0. The normalized spacial score (nSPS) is 15.0. The molecule has 0 aromatic carbocycles. The summed E-state index contributed by atoms with van der Waals surface area (Å²) in [5.74, 6) is 0.266. The van der Waals surface area contributed by atoms with Crippen molar-refractivity contribution >= 4 is 0 Å². The van der Waals surface area contributed by atoms with Gasteiger partial charge in [0.2, 0.25) is 0 Å². The average Bonchev–Trinajstić information content (AvgIpc) is 1.84. The highest BCUT2D eigenvalue weighted by molar-refractivity contribution is 4.54. The van der Waals surface area contributed by atoms with Crippen molar-refractivity contribution in [3.8, 4) is 0 Å². The van der Waals surface area contributed by atoms with E-state index in [9.17, 15) is 5.11 Å². The number of rotatable bonds is 3. The zero-order valence-electron chi connectivity index (χ0n) is 6.55. The fourth-order valence-corrected chi connectivity index (χ4v) is 0.579. The van der Waals surface area contributed by atoms with Gasteiger partial charge in [0.05, 0.1) is 0 Å². The van der Waals surface area contributed by atoms with Crippen LogP contribution in [0.4, 0.5) is 0 Å². The molecule has 1 unspecified atom stereocenters. The van der Waals surface area contributed by atoms with Crippen LogP contribution in [0.5, 0.6) is 0 Å². The molecule has 0 aliphatic carbocycles. The van der Waals surface area contributed by atoms with Crippen LogP contribution in [0.2, 0.25) is 0 Å². The summed E-state index contributed by atoms with van der Waals surface area (Å²) in [6.45, 7) is 3.94. The van der Waals surface area contributed by atoms with Crippen molar-refractivity contribution in [3.05, 3.63) is 0 Å². The Kier molecular flexibility index (Phi) is 3.77. The van der Waals surface area contributed by atoms with E-state index in [1.807, 2.05) is 20.9 Å². The Bertz CT molecular complexity index is 75.5. The van der Waals surface area contributed by atoms with Crippen molar-refractivity contribution in [2.24, 2.45) is 5.92 Å². The molecule has 0 saturated heterocycles. The molecular formula is C6H16N2O. The van der Waals surface area contributed by atoms with Gasteiger partial charge in [0.25, 0.3) is 0 Å². The Morgan fingerprint density at radius 2 is 1.89 bits per heavy atom. The van der Waals surface area contributed by atoms with Gasteiger partial charge in [0.15, 0.2) is 0 Å². The molecule has 0 aliphatic rings. The first-order chi connectivity index (χ1) is 4.09. The largest absolute Gasteiger partial charge is 0.377 e. The number of nitrogens with one attached hydrogen (secondary N) is 1. The number of hydrogen-bond donors (Lipinski definition) is 2. The minimum atomic E-state index is -0.394. The van der Waals surface area contributed by atoms with E-state index in [0.29, 0.717) is 0 Å². The van der Waals surface area contributed by atoms with Crippen LogP contribution in [0, 0.1) is 5.92 Å². The van der Waals surface area contributed by atoms with E-state index in [2.05, 4.69) is 5.43 Å². The zero-order chi connectivity index (χ0) is 7.44. The van der Waals surface area contributed by atoms with Gasteiger partial charge in [-0.25, -0.2) is 5.01 Å². The summed E-state index contributed by atoms with van der Waals surface area (Å²) in [5, 5.41) is 10.9. The number of hydrazine groups is 1. The highest BCUT2D eigenvalue weighted by atomic mass is 16.3. The van der Waals surface area contributed by atoms with E-state index >= 15 is 0 Å². The van der Waals surface area contributed by atoms with E-state index in [1.54, 1.807) is 12.1 Å². The van der Waals surface area contributed by atoms with E-state index in [0.717, 1.165) is 0 Å². The molecule has 3 heteroatoms. The molecule has 0 fully saturated rings. The molecule has 2 N–H and O–H groups in total. The van der Waals surface area contributed by atoms with Gasteiger partial charge in [-0.1, -0.05) is 13.8 Å². The molecule has 0 bridgehead atoms. The Labute approximate surface area is 56.6 Å². The van der Waals surface area contributed by atoms with Gasteiger partial charge in [-0.2, -0.15) is 0 Å². The number of aliphatic hydroxyl groups excluding tert-OH is 1. The van der Waals surface area contributed by atoms with Crippen LogP contribution in [0.3, 0.4) is 0 Å². The number of hydrogen-bond acceptors (Lipinski definition) is 3. The quantitative estimate of drug-likeness (QED) is 0.420. The topological polar surface area (TPSA) is 35.5 Å². The monoisotopic (exact) mass is 132 g/mol. The molecule has 56 valence electrons. The van der Waals surface area contributed by atoms with Crippen molar-refractivity contribution < 1.29 is 5.11 Å². The molecule has 1 atom stereocenters. The van der Waals surface area contributed by atoms with E-state index in [-0.39, 0.29) is 5.92 Å². The lowest BCUT2D eigenvalue weighted by Crippen LogP contribution is -2.43. The summed E-state index contributed by atoms with van der Waals surface area (Å²) in [4.78, 5) is 0. The lowest BCUT2D eigenvalue weighted by molar-refractivity contribution is -0.0386. The second-order valence-corrected chi connectivity index (χ2v) is 2.49. The Morgan fingerprint density at radius 3 is 2.00 bits per heavy atom. The van der Waals surface area contributed by atoms with E-state index in [1.165, 1.54) is 0 Å². The van der Waals surface area contributed by atoms with Crippen LogP contribution in [0.25, 0.3) is 0 Å². The molecule has 3 nitrogen and oxygen atoms in total. The Hall–Kier alpha value is -0.120. The molecule has 0 heterocycles. The van der Waals surface area contributed by atoms with E-state index in [4.69, 9.17) is 0 Å². The smallest absolute Gasteiger partial charge is 0.121 e. The highest BCUT2D eigenvalue weighted by Gasteiger charge is 2.12. The maximum Gasteiger partial charge on any atom is 0.121 e. The predicted molar refractivity (Wildman–Crippen MR) is 37.7 cm³/mol. The van der Waals surface area contributed by atoms with Crippen molar-refractivity contribution in [2.45, 2.75) is 20.1 Å². The molecule has 0 aromatic heterocycles. The van der Waals surface area contributed by atoms with Gasteiger partial charge in [-0.3, -0.25) is 5.43 Å². The first kappa shape index (κ1) is 8.88. The Balaban J connectivity index is 3.58. The summed E-state index contributed by atoms with van der Waals surface area (Å²) in [6.07, 6.45) is -0.394. The summed E-state index contributed by atoms with van der Waals surface area (Å²) in [5.41, 5.74) is 2.83. The van der Waals surface area contributed by atoms with Crippen LogP contribution in [-0.4, -0.2) is 30.4 Å². The predicted octanol–water partition coefficient (Wildman–Crippen LogP) is 0.0270. The van der Waals surface area contributed by atoms with Gasteiger partial charge < -0.3 is 5.11 Å². The van der Waals surface area contributed by atoms with Crippen LogP contribution in [-0.2, 0) is 0 Å². The summed E-state index contributed by atoms with van der Waals surface area (Å²) >= 11 is 0. The highest BCUT2D eigenvalue weighted by Crippen LogP contribution is 2.01. The molecule has 0 aliphatic heterocycles. The maximum atomic E-state index is 9.26. The van der Waals surface area contributed by atoms with Crippen LogP contribution >= 0.6 is 0 Å². The molecule has 0 aromatic rings. The van der Waals surface area contributed by atoms with Crippen LogP contribution < -0.4 is 5.43 Å². The van der Waals surface area contributed by atoms with Gasteiger partial charge in [-0.05, 0) is 13.0 Å². The lowest BCUT2D eigenvalue weighted by Gasteiger charge is -2.24. The first-order valence-electron chi connectivity index (χ1n) is 3.18. The fourth-order valence-electron chi connectivity index (χ4n) is 0.579. The minimum absolute atomic E-state index is 0.266. The standard InChI is InChI=1S/C6H16N2O/c1-5(2)6(9)8(4)7-3/h5-7,9H,1-4H3. The second kappa shape index (κ2) is 3.82. The summed E-state index contributed by atoms with van der Waals surface area (Å²) < 4.78 is 0. The average molecular weight is 132 g/mol. The SMILES string of the molecule is CNN(C)C(O)C(C)C. The molecule has 0 spiro atoms. The molecule has 9 heavy (non-hydrogen) atoms. The second-order valence-electron chi connectivity index (χ2n) is 2.49. The molecule has 0 amide bonds. The van der Waals surface area contributed by atoms with Gasteiger partial charge in [0.1, 0.15) is 6.23 Å². The van der Waals surface area contributed by atoms with Gasteiger partial charge in [0, 0.05) is 7.05 Å². The Morgan fingerprint density at radius 1 is 1.44 bits per heavy atom. The first-order valence-corrected chi connectivity index (χ1v) is 3.18. The molecule has 0 radical (unpaired) electrons. The fraction of sp³-hybridized carbons (Fsp3) is 1.00. The van der Waals surface area contributed by atoms with Crippen LogP contribution in [0.1, 0.15) is 13.8 Å². The maximum absolute atomic E-state index is 9.26. The number of nitrogens with zero attached hydrogens (tertiary/aromatic N) is 1. The van der Waals surface area contributed by atoms with Gasteiger partial charge in [-0.15, -0.1) is 0 Å². The van der Waals surface area contributed by atoms with E-state index < -0.39 is 6.23 Å². The summed E-state index contributed by atoms with van der Waals surface area (Å²) in [7, 11) is 3.59. The molecule has 0 rings (SSSR count). The van der Waals surface area contributed by atoms with Gasteiger partial charge >= 0.3 is 0 Å².